The Morgan fingerprint density at radius 3 is 2.37 bits per heavy atom. The summed E-state index contributed by atoms with van der Waals surface area (Å²) in [4.78, 5) is 24.4. The Bertz CT molecular complexity index is 955. The smallest absolute Gasteiger partial charge is 0.340 e. The Balaban J connectivity index is 2.02. The summed E-state index contributed by atoms with van der Waals surface area (Å²) in [6, 6.07) is 11.4. The lowest BCUT2D eigenvalue weighted by atomic mass is 10.1. The summed E-state index contributed by atoms with van der Waals surface area (Å²) in [5.74, 6) is -1.34. The summed E-state index contributed by atoms with van der Waals surface area (Å²) >= 11 is 5.96. The van der Waals surface area contributed by atoms with Crippen molar-refractivity contribution in [1.82, 2.24) is 5.32 Å². The zero-order chi connectivity index (χ0) is 20.2. The second kappa shape index (κ2) is 8.54. The van der Waals surface area contributed by atoms with Crippen LogP contribution >= 0.6 is 11.6 Å². The van der Waals surface area contributed by atoms with Crippen LogP contribution in [0, 0.1) is 6.92 Å². The number of nitrogens with one attached hydrogen (secondary N) is 1. The highest BCUT2D eigenvalue weighted by Gasteiger charge is 2.22. The molecule has 27 heavy (non-hydrogen) atoms. The lowest BCUT2D eigenvalue weighted by Crippen LogP contribution is -2.35. The number of benzene rings is 2. The van der Waals surface area contributed by atoms with Crippen LogP contribution in [-0.2, 0) is 25.9 Å². The van der Waals surface area contributed by atoms with Gasteiger partial charge in [0.1, 0.15) is 0 Å². The molecule has 1 N–H and O–H groups in total. The van der Waals surface area contributed by atoms with E-state index >= 15 is 0 Å². The summed E-state index contributed by atoms with van der Waals surface area (Å²) in [6.45, 7) is 3.69. The molecule has 0 saturated heterocycles. The Morgan fingerprint density at radius 2 is 1.78 bits per heavy atom. The third kappa shape index (κ3) is 5.80. The highest BCUT2D eigenvalue weighted by atomic mass is 35.5. The van der Waals surface area contributed by atoms with Crippen LogP contribution in [-0.4, -0.2) is 32.7 Å². The van der Waals surface area contributed by atoms with Gasteiger partial charge in [0, 0.05) is 12.8 Å². The lowest BCUT2D eigenvalue weighted by Gasteiger charge is -2.14. The van der Waals surface area contributed by atoms with E-state index in [4.69, 9.17) is 16.3 Å². The van der Waals surface area contributed by atoms with Crippen LogP contribution in [0.15, 0.2) is 47.4 Å². The van der Waals surface area contributed by atoms with Crippen molar-refractivity contribution in [2.75, 3.05) is 6.26 Å². The van der Waals surface area contributed by atoms with Gasteiger partial charge < -0.3 is 10.1 Å². The maximum absolute atomic E-state index is 12.3. The van der Waals surface area contributed by atoms with Gasteiger partial charge in [-0.25, -0.2) is 13.2 Å². The van der Waals surface area contributed by atoms with Crippen LogP contribution in [0.3, 0.4) is 0 Å². The van der Waals surface area contributed by atoms with Crippen LogP contribution in [0.1, 0.15) is 28.4 Å². The normalized spacial score (nSPS) is 12.3. The van der Waals surface area contributed by atoms with Gasteiger partial charge >= 0.3 is 5.97 Å². The fraction of sp³-hybridized carbons (Fsp3) is 0.263. The molecule has 0 aromatic heterocycles. The first-order chi connectivity index (χ1) is 12.6. The number of hydrogen-bond acceptors (Lipinski definition) is 5. The highest BCUT2D eigenvalue weighted by Crippen LogP contribution is 2.22. The second-order valence-corrected chi connectivity index (χ2v) is 8.59. The molecule has 2 aromatic rings. The van der Waals surface area contributed by atoms with Crippen molar-refractivity contribution >= 4 is 33.3 Å². The van der Waals surface area contributed by atoms with Crippen molar-refractivity contribution < 1.29 is 22.7 Å². The molecule has 0 fully saturated rings. The maximum Gasteiger partial charge on any atom is 0.340 e. The molecule has 6 nitrogen and oxygen atoms in total. The van der Waals surface area contributed by atoms with E-state index in [1.54, 1.807) is 0 Å². The quantitative estimate of drug-likeness (QED) is 0.741. The number of esters is 1. The fourth-order valence-corrected chi connectivity index (χ4v) is 3.05. The predicted molar refractivity (Wildman–Crippen MR) is 102 cm³/mol. The summed E-state index contributed by atoms with van der Waals surface area (Å²) in [6.07, 6.45) is -0.0483. The first-order valence-corrected chi connectivity index (χ1v) is 10.4. The van der Waals surface area contributed by atoms with Gasteiger partial charge in [0.2, 0.25) is 0 Å². The summed E-state index contributed by atoms with van der Waals surface area (Å²) < 4.78 is 28.4. The number of rotatable bonds is 6. The van der Waals surface area contributed by atoms with Crippen LogP contribution < -0.4 is 5.32 Å². The molecular formula is C19H20ClNO5S. The van der Waals surface area contributed by atoms with Crippen molar-refractivity contribution in [3.8, 4) is 0 Å². The number of aryl methyl sites for hydroxylation is 1. The molecule has 0 saturated carbocycles. The van der Waals surface area contributed by atoms with E-state index in [1.807, 2.05) is 31.2 Å². The van der Waals surface area contributed by atoms with E-state index in [-0.39, 0.29) is 15.5 Å². The minimum Gasteiger partial charge on any atom is -0.449 e. The molecule has 0 unspecified atom stereocenters. The molecule has 2 rings (SSSR count). The van der Waals surface area contributed by atoms with Crippen LogP contribution in [0.4, 0.5) is 0 Å². The van der Waals surface area contributed by atoms with Gasteiger partial charge in [0.15, 0.2) is 15.9 Å². The number of carbonyl (C=O) groups is 2. The van der Waals surface area contributed by atoms with Crippen LogP contribution in [0.2, 0.25) is 5.02 Å². The Hall–Kier alpha value is -2.38. The van der Waals surface area contributed by atoms with E-state index in [0.717, 1.165) is 23.4 Å². The highest BCUT2D eigenvalue weighted by molar-refractivity contribution is 7.90. The molecule has 0 spiro atoms. The monoisotopic (exact) mass is 409 g/mol. The SMILES string of the molecule is Cc1ccc(CNC(=O)[C@H](C)OC(=O)c2cc(S(C)(=O)=O)ccc2Cl)cc1. The average molecular weight is 410 g/mol. The first kappa shape index (κ1) is 20.9. The number of hydrogen-bond donors (Lipinski definition) is 1. The summed E-state index contributed by atoms with van der Waals surface area (Å²) in [7, 11) is -3.51. The Kier molecular flexibility index (Phi) is 6.62. The van der Waals surface area contributed by atoms with Gasteiger partial charge in [-0.15, -0.1) is 0 Å². The number of carbonyl (C=O) groups excluding carboxylic acids is 2. The molecule has 144 valence electrons. The third-order valence-corrected chi connectivity index (χ3v) is 5.27. The van der Waals surface area contributed by atoms with Crippen molar-refractivity contribution in [2.45, 2.75) is 31.4 Å². The summed E-state index contributed by atoms with van der Waals surface area (Å²) in [5, 5.41) is 2.72. The number of amides is 1. The topological polar surface area (TPSA) is 89.5 Å². The number of halogens is 1. The molecule has 2 aromatic carbocycles. The van der Waals surface area contributed by atoms with E-state index in [1.165, 1.54) is 19.1 Å². The standard InChI is InChI=1S/C19H20ClNO5S/c1-12-4-6-14(7-5-12)11-21-18(22)13(2)26-19(23)16-10-15(27(3,24)25)8-9-17(16)20/h4-10,13H,11H2,1-3H3,(H,21,22)/t13-/m0/s1. The molecule has 0 aliphatic carbocycles. The van der Waals surface area contributed by atoms with Crippen LogP contribution in [0.25, 0.3) is 0 Å². The van der Waals surface area contributed by atoms with Crippen molar-refractivity contribution in [2.24, 2.45) is 0 Å². The fourth-order valence-electron chi connectivity index (χ4n) is 2.21. The van der Waals surface area contributed by atoms with E-state index < -0.39 is 27.8 Å². The summed E-state index contributed by atoms with van der Waals surface area (Å²) in [5.41, 5.74) is 1.91. The Labute approximate surface area is 163 Å². The van der Waals surface area contributed by atoms with Gasteiger partial charge in [-0.1, -0.05) is 41.4 Å². The van der Waals surface area contributed by atoms with Crippen molar-refractivity contribution in [3.05, 3.63) is 64.2 Å². The molecular weight excluding hydrogens is 390 g/mol. The maximum atomic E-state index is 12.3. The molecule has 1 amide bonds. The Morgan fingerprint density at radius 1 is 1.15 bits per heavy atom. The predicted octanol–water partition coefficient (Wildman–Crippen LogP) is 2.91. The lowest BCUT2D eigenvalue weighted by molar-refractivity contribution is -0.129. The van der Waals surface area contributed by atoms with E-state index in [2.05, 4.69) is 5.32 Å². The number of ether oxygens (including phenoxy) is 1. The first-order valence-electron chi connectivity index (χ1n) is 8.12. The van der Waals surface area contributed by atoms with E-state index in [9.17, 15) is 18.0 Å². The zero-order valence-electron chi connectivity index (χ0n) is 15.2. The van der Waals surface area contributed by atoms with Crippen LogP contribution in [0.5, 0.6) is 0 Å². The van der Waals surface area contributed by atoms with Gasteiger partial charge in [0.05, 0.1) is 15.5 Å². The molecule has 8 heteroatoms. The molecule has 0 radical (unpaired) electrons. The molecule has 1 atom stereocenters. The van der Waals surface area contributed by atoms with Gasteiger partial charge in [0.25, 0.3) is 5.91 Å². The van der Waals surface area contributed by atoms with Gasteiger partial charge in [-0.05, 0) is 37.6 Å². The minimum absolute atomic E-state index is 0.0414. The molecule has 0 aliphatic heterocycles. The van der Waals surface area contributed by atoms with Gasteiger partial charge in [-0.2, -0.15) is 0 Å². The minimum atomic E-state index is -3.51. The van der Waals surface area contributed by atoms with Crippen molar-refractivity contribution in [3.63, 3.8) is 0 Å². The van der Waals surface area contributed by atoms with Gasteiger partial charge in [-0.3, -0.25) is 4.79 Å². The second-order valence-electron chi connectivity index (χ2n) is 6.16. The molecule has 0 heterocycles. The van der Waals surface area contributed by atoms with Crippen molar-refractivity contribution in [1.29, 1.82) is 0 Å². The number of sulfone groups is 1. The third-order valence-electron chi connectivity index (χ3n) is 3.83. The largest absolute Gasteiger partial charge is 0.449 e. The van der Waals surface area contributed by atoms with E-state index in [0.29, 0.717) is 6.54 Å². The zero-order valence-corrected chi connectivity index (χ0v) is 16.7. The molecule has 0 aliphatic rings. The average Bonchev–Trinajstić information content (AvgIpc) is 2.60. The molecule has 0 bridgehead atoms.